The summed E-state index contributed by atoms with van der Waals surface area (Å²) in [5, 5.41) is 0. The maximum atomic E-state index is 2.55. The molecule has 0 bridgehead atoms. The number of nitrogens with zero attached hydrogens (tertiary/aromatic N) is 1. The summed E-state index contributed by atoms with van der Waals surface area (Å²) in [6.45, 7) is 24.3. The van der Waals surface area contributed by atoms with Gasteiger partial charge in [0.15, 0.2) is 0 Å². The monoisotopic (exact) mass is 809 g/mol. The molecule has 312 valence electrons. The van der Waals surface area contributed by atoms with Gasteiger partial charge in [0.2, 0.25) is 0 Å². The van der Waals surface area contributed by atoms with Crippen LogP contribution >= 0.6 is 0 Å². The summed E-state index contributed by atoms with van der Waals surface area (Å²) in [6, 6.07) is 58.1. The number of fused-ring (bicyclic) bond motifs is 5. The molecule has 0 N–H and O–H groups in total. The Morgan fingerprint density at radius 3 is 1.52 bits per heavy atom. The highest BCUT2D eigenvalue weighted by Gasteiger charge is 2.41. The Kier molecular flexibility index (Phi) is 9.24. The molecule has 0 spiro atoms. The van der Waals surface area contributed by atoms with Gasteiger partial charge in [0.25, 0.3) is 0 Å². The summed E-state index contributed by atoms with van der Waals surface area (Å²) >= 11 is 0. The van der Waals surface area contributed by atoms with Gasteiger partial charge in [-0.3, -0.25) is 0 Å². The highest BCUT2D eigenvalue weighted by Crippen LogP contribution is 2.55. The van der Waals surface area contributed by atoms with Gasteiger partial charge >= 0.3 is 0 Å². The molecule has 0 fully saturated rings. The lowest BCUT2D eigenvalue weighted by Crippen LogP contribution is -2.34. The van der Waals surface area contributed by atoms with E-state index in [0.717, 1.165) is 11.4 Å². The van der Waals surface area contributed by atoms with E-state index in [0.29, 0.717) is 0 Å². The van der Waals surface area contributed by atoms with Crippen molar-refractivity contribution in [2.75, 3.05) is 4.90 Å². The zero-order valence-corrected chi connectivity index (χ0v) is 38.7. The van der Waals surface area contributed by atoms with Gasteiger partial charge in [-0.2, -0.15) is 0 Å². The fraction of sp³-hybridized carbons (Fsp3) is 0.311. The lowest BCUT2D eigenvalue weighted by Gasteiger charge is -2.43. The number of rotatable bonds is 6. The highest BCUT2D eigenvalue weighted by molar-refractivity contribution is 5.95. The molecular formula is C61H63N. The average molecular weight is 810 g/mol. The molecule has 0 heterocycles. The smallest absolute Gasteiger partial charge is 0.0543 e. The zero-order chi connectivity index (χ0) is 43.4. The molecule has 0 atom stereocenters. The third-order valence-electron chi connectivity index (χ3n) is 15.6. The minimum atomic E-state index is -0.152. The molecule has 0 saturated heterocycles. The third-order valence-corrected chi connectivity index (χ3v) is 15.6. The molecule has 0 saturated carbocycles. The largest absolute Gasteiger partial charge is 0.310 e. The van der Waals surface area contributed by atoms with Crippen LogP contribution in [0.2, 0.25) is 0 Å². The predicted octanol–water partition coefficient (Wildman–Crippen LogP) is 17.2. The molecule has 0 unspecified atom stereocenters. The van der Waals surface area contributed by atoms with E-state index in [9.17, 15) is 0 Å². The van der Waals surface area contributed by atoms with Crippen molar-refractivity contribution in [2.45, 2.75) is 122 Å². The minimum absolute atomic E-state index is 0.0928. The lowest BCUT2D eigenvalue weighted by molar-refractivity contribution is 0.332. The van der Waals surface area contributed by atoms with Gasteiger partial charge in [-0.25, -0.2) is 0 Å². The van der Waals surface area contributed by atoms with Crippen LogP contribution < -0.4 is 4.90 Å². The Balaban J connectivity index is 1.21. The summed E-state index contributed by atoms with van der Waals surface area (Å²) in [6.07, 6.45) is 4.78. The molecule has 1 heteroatoms. The van der Waals surface area contributed by atoms with E-state index in [-0.39, 0.29) is 27.1 Å². The Hall–Kier alpha value is -5.66. The normalized spacial score (nSPS) is 18.2. The molecule has 7 aromatic rings. The van der Waals surface area contributed by atoms with Crippen LogP contribution in [-0.4, -0.2) is 0 Å². The molecule has 3 aliphatic carbocycles. The van der Waals surface area contributed by atoms with Crippen LogP contribution in [0.5, 0.6) is 0 Å². The maximum absolute atomic E-state index is 2.55. The van der Waals surface area contributed by atoms with Crippen LogP contribution in [0, 0.1) is 0 Å². The molecule has 0 amide bonds. The second kappa shape index (κ2) is 14.2. The van der Waals surface area contributed by atoms with E-state index in [1.54, 1.807) is 0 Å². The number of anilines is 3. The van der Waals surface area contributed by atoms with Crippen molar-refractivity contribution in [3.05, 3.63) is 185 Å². The summed E-state index contributed by atoms with van der Waals surface area (Å²) in [7, 11) is 0. The van der Waals surface area contributed by atoms with E-state index in [1.165, 1.54) is 109 Å². The fourth-order valence-corrected chi connectivity index (χ4v) is 11.5. The van der Waals surface area contributed by atoms with Gasteiger partial charge in [-0.05, 0) is 156 Å². The Morgan fingerprint density at radius 1 is 0.323 bits per heavy atom. The van der Waals surface area contributed by atoms with Crippen LogP contribution in [0.3, 0.4) is 0 Å². The second-order valence-corrected chi connectivity index (χ2v) is 21.9. The van der Waals surface area contributed by atoms with Crippen molar-refractivity contribution in [3.63, 3.8) is 0 Å². The van der Waals surface area contributed by atoms with Crippen LogP contribution in [0.15, 0.2) is 152 Å². The average Bonchev–Trinajstić information content (AvgIpc) is 3.49. The van der Waals surface area contributed by atoms with E-state index < -0.39 is 0 Å². The minimum Gasteiger partial charge on any atom is -0.310 e. The van der Waals surface area contributed by atoms with Crippen molar-refractivity contribution in [2.24, 2.45) is 0 Å². The van der Waals surface area contributed by atoms with Gasteiger partial charge in [0.05, 0.1) is 5.69 Å². The SMILES string of the molecule is CC1(C)CCC(C)(C)c2cc(-c3cc4c(cc3N(c3ccc(-c5ccccc5)cc3)c3ccc(-c5cccc6c5C(C)(C)CCC6(C)C)cc3)C(C)(C)c3ccccc3-4)ccc21. The molecule has 0 aliphatic heterocycles. The second-order valence-electron chi connectivity index (χ2n) is 21.9. The zero-order valence-electron chi connectivity index (χ0n) is 38.7. The van der Waals surface area contributed by atoms with E-state index in [4.69, 9.17) is 0 Å². The first-order valence-electron chi connectivity index (χ1n) is 23.1. The molecule has 7 aromatic carbocycles. The molecule has 0 radical (unpaired) electrons. The first-order valence-corrected chi connectivity index (χ1v) is 23.1. The highest BCUT2D eigenvalue weighted by atomic mass is 15.1. The van der Waals surface area contributed by atoms with Crippen LogP contribution in [0.4, 0.5) is 17.1 Å². The number of hydrogen-bond acceptors (Lipinski definition) is 1. The fourth-order valence-electron chi connectivity index (χ4n) is 11.5. The predicted molar refractivity (Wildman–Crippen MR) is 266 cm³/mol. The number of benzene rings is 7. The summed E-state index contributed by atoms with van der Waals surface area (Å²) in [5.74, 6) is 0. The van der Waals surface area contributed by atoms with E-state index >= 15 is 0 Å². The Morgan fingerprint density at radius 2 is 0.839 bits per heavy atom. The van der Waals surface area contributed by atoms with Crippen LogP contribution in [0.1, 0.15) is 128 Å². The Labute approximate surface area is 371 Å². The van der Waals surface area contributed by atoms with Crippen molar-refractivity contribution in [1.82, 2.24) is 0 Å². The molecule has 10 rings (SSSR count). The van der Waals surface area contributed by atoms with Gasteiger partial charge in [0.1, 0.15) is 0 Å². The van der Waals surface area contributed by atoms with Crippen molar-refractivity contribution in [1.29, 1.82) is 0 Å². The van der Waals surface area contributed by atoms with Crippen LogP contribution in [0.25, 0.3) is 44.5 Å². The van der Waals surface area contributed by atoms with Crippen molar-refractivity contribution < 1.29 is 0 Å². The van der Waals surface area contributed by atoms with E-state index in [2.05, 4.69) is 226 Å². The third kappa shape index (κ3) is 6.49. The molecule has 3 aliphatic rings. The van der Waals surface area contributed by atoms with Crippen molar-refractivity contribution in [3.8, 4) is 44.5 Å². The molecular weight excluding hydrogens is 747 g/mol. The standard InChI is InChI=1S/C61H63N/c1-57(2)33-34-59(5,6)54-37-43(27-32-51(54)57)48-38-49-47-19-14-15-21-50(47)61(9,10)53(49)39-55(48)62(44-28-23-41(24-29-44)40-17-12-11-13-18-40)45-30-25-42(26-31-45)46-20-16-22-52-56(46)60(7,8)36-35-58(52,3)4/h11-32,37-39H,33-36H2,1-10H3. The van der Waals surface area contributed by atoms with Crippen LogP contribution in [-0.2, 0) is 27.1 Å². The first-order chi connectivity index (χ1) is 29.5. The van der Waals surface area contributed by atoms with Crippen molar-refractivity contribution >= 4 is 17.1 Å². The summed E-state index contributed by atoms with van der Waals surface area (Å²) < 4.78 is 0. The quantitative estimate of drug-likeness (QED) is 0.162. The summed E-state index contributed by atoms with van der Waals surface area (Å²) in [5.41, 5.74) is 22.9. The summed E-state index contributed by atoms with van der Waals surface area (Å²) in [4.78, 5) is 2.54. The topological polar surface area (TPSA) is 3.24 Å². The van der Waals surface area contributed by atoms with Gasteiger partial charge in [0, 0.05) is 22.4 Å². The van der Waals surface area contributed by atoms with E-state index in [1.807, 2.05) is 0 Å². The number of hydrogen-bond donors (Lipinski definition) is 0. The first kappa shape index (κ1) is 40.4. The molecule has 1 nitrogen and oxygen atoms in total. The maximum Gasteiger partial charge on any atom is 0.0543 e. The van der Waals surface area contributed by atoms with Gasteiger partial charge in [-0.1, -0.05) is 184 Å². The molecule has 0 aromatic heterocycles. The van der Waals surface area contributed by atoms with Gasteiger partial charge in [-0.15, -0.1) is 0 Å². The Bertz CT molecular complexity index is 2850. The van der Waals surface area contributed by atoms with Gasteiger partial charge < -0.3 is 4.90 Å². The molecule has 62 heavy (non-hydrogen) atoms. The lowest BCUT2D eigenvalue weighted by atomic mass is 9.61.